The van der Waals surface area contributed by atoms with Crippen molar-refractivity contribution in [3.63, 3.8) is 0 Å². The molecule has 0 unspecified atom stereocenters. The highest BCUT2D eigenvalue weighted by molar-refractivity contribution is 6.03. The normalized spacial score (nSPS) is 12.1. The summed E-state index contributed by atoms with van der Waals surface area (Å²) in [6.45, 7) is 4.46. The highest BCUT2D eigenvalue weighted by Gasteiger charge is 2.15. The van der Waals surface area contributed by atoms with Gasteiger partial charge in [-0.1, -0.05) is 32.0 Å². The van der Waals surface area contributed by atoms with Gasteiger partial charge in [0, 0.05) is 17.4 Å². The van der Waals surface area contributed by atoms with E-state index in [2.05, 4.69) is 40.7 Å². The molecule has 7 heteroatoms. The zero-order valence-electron chi connectivity index (χ0n) is 15.6. The molecular weight excluding hydrogens is 356 g/mol. The fourth-order valence-electron chi connectivity index (χ4n) is 2.94. The van der Waals surface area contributed by atoms with Crippen molar-refractivity contribution in [2.45, 2.75) is 19.8 Å². The first-order valence-electron chi connectivity index (χ1n) is 9.01. The molecule has 0 radical (unpaired) electrons. The van der Waals surface area contributed by atoms with Gasteiger partial charge in [0.25, 0.3) is 5.91 Å². The standard InChI is InChI=1S/C21H20N4O3/c1-13(2)15-5-3-4-6-16(15)23-20-10-8-17(24-25-20)21(26)22-14-7-9-18-19(11-14)28-12-27-18/h3-11,13H,12H2,1-2H3,(H,22,26)(H,23,25). The molecule has 0 spiro atoms. The predicted octanol–water partition coefficient (Wildman–Crippen LogP) is 4.32. The summed E-state index contributed by atoms with van der Waals surface area (Å²) in [5.41, 5.74) is 2.99. The Hall–Kier alpha value is -3.61. The molecule has 0 fully saturated rings. The maximum atomic E-state index is 12.4. The summed E-state index contributed by atoms with van der Waals surface area (Å²) >= 11 is 0. The number of fused-ring (bicyclic) bond motifs is 1. The van der Waals surface area contributed by atoms with Crippen molar-refractivity contribution in [1.82, 2.24) is 10.2 Å². The Labute approximate surface area is 162 Å². The molecular formula is C21H20N4O3. The minimum absolute atomic E-state index is 0.187. The summed E-state index contributed by atoms with van der Waals surface area (Å²) in [4.78, 5) is 12.4. The van der Waals surface area contributed by atoms with Crippen LogP contribution in [0.15, 0.2) is 54.6 Å². The van der Waals surface area contributed by atoms with E-state index in [0.717, 1.165) is 5.69 Å². The van der Waals surface area contributed by atoms with Crippen LogP contribution in [0.3, 0.4) is 0 Å². The van der Waals surface area contributed by atoms with Gasteiger partial charge in [-0.3, -0.25) is 4.79 Å². The fraction of sp³-hybridized carbons (Fsp3) is 0.190. The quantitative estimate of drug-likeness (QED) is 0.690. The molecule has 2 N–H and O–H groups in total. The molecule has 2 aromatic carbocycles. The zero-order valence-corrected chi connectivity index (χ0v) is 15.6. The van der Waals surface area contributed by atoms with Crippen LogP contribution >= 0.6 is 0 Å². The topological polar surface area (TPSA) is 85.4 Å². The second-order valence-corrected chi connectivity index (χ2v) is 6.69. The summed E-state index contributed by atoms with van der Waals surface area (Å²) in [6, 6.07) is 16.6. The van der Waals surface area contributed by atoms with Crippen molar-refractivity contribution >= 4 is 23.1 Å². The third-order valence-corrected chi connectivity index (χ3v) is 4.37. The number of carbonyl (C=O) groups is 1. The maximum Gasteiger partial charge on any atom is 0.276 e. The third kappa shape index (κ3) is 3.73. The van der Waals surface area contributed by atoms with Gasteiger partial charge >= 0.3 is 0 Å². The van der Waals surface area contributed by atoms with Crippen molar-refractivity contribution in [2.24, 2.45) is 0 Å². The number of ether oxygens (including phenoxy) is 2. The number of aromatic nitrogens is 2. The first-order chi connectivity index (χ1) is 13.6. The molecule has 2 heterocycles. The number of nitrogens with one attached hydrogen (secondary N) is 2. The molecule has 0 atom stereocenters. The second-order valence-electron chi connectivity index (χ2n) is 6.69. The Morgan fingerprint density at radius 2 is 1.82 bits per heavy atom. The van der Waals surface area contributed by atoms with Crippen molar-refractivity contribution in [3.8, 4) is 11.5 Å². The predicted molar refractivity (Wildman–Crippen MR) is 106 cm³/mol. The fourth-order valence-corrected chi connectivity index (χ4v) is 2.94. The van der Waals surface area contributed by atoms with Gasteiger partial charge in [-0.15, -0.1) is 10.2 Å². The summed E-state index contributed by atoms with van der Waals surface area (Å²) in [7, 11) is 0. The van der Waals surface area contributed by atoms with Crippen LogP contribution in [0, 0.1) is 0 Å². The summed E-state index contributed by atoms with van der Waals surface area (Å²) in [6.07, 6.45) is 0. The Balaban J connectivity index is 1.45. The molecule has 1 aliphatic rings. The molecule has 142 valence electrons. The van der Waals surface area contributed by atoms with Gasteiger partial charge in [-0.05, 0) is 41.8 Å². The van der Waals surface area contributed by atoms with Gasteiger partial charge in [-0.2, -0.15) is 0 Å². The van der Waals surface area contributed by atoms with E-state index in [4.69, 9.17) is 9.47 Å². The Morgan fingerprint density at radius 3 is 2.61 bits per heavy atom. The van der Waals surface area contributed by atoms with Gasteiger partial charge in [0.1, 0.15) is 0 Å². The largest absolute Gasteiger partial charge is 0.454 e. The number of hydrogen-bond donors (Lipinski definition) is 2. The maximum absolute atomic E-state index is 12.4. The monoisotopic (exact) mass is 376 g/mol. The number of anilines is 3. The average Bonchev–Trinajstić information content (AvgIpc) is 3.16. The van der Waals surface area contributed by atoms with Gasteiger partial charge in [-0.25, -0.2) is 0 Å². The minimum atomic E-state index is -0.347. The molecule has 1 aromatic heterocycles. The molecule has 0 bridgehead atoms. The Kier molecular flexibility index (Phi) is 4.80. The lowest BCUT2D eigenvalue weighted by atomic mass is 10.0. The van der Waals surface area contributed by atoms with Crippen LogP contribution in [0.1, 0.15) is 35.8 Å². The van der Waals surface area contributed by atoms with Crippen LogP contribution in [0.25, 0.3) is 0 Å². The van der Waals surface area contributed by atoms with Crippen molar-refractivity contribution in [3.05, 3.63) is 65.9 Å². The number of amides is 1. The highest BCUT2D eigenvalue weighted by Crippen LogP contribution is 2.34. The lowest BCUT2D eigenvalue weighted by Crippen LogP contribution is -2.14. The lowest BCUT2D eigenvalue weighted by molar-refractivity contribution is 0.102. The molecule has 3 aromatic rings. The number of carbonyl (C=O) groups excluding carboxylic acids is 1. The molecule has 1 aliphatic heterocycles. The van der Waals surface area contributed by atoms with E-state index < -0.39 is 0 Å². The zero-order chi connectivity index (χ0) is 19.5. The van der Waals surface area contributed by atoms with Crippen molar-refractivity contribution in [1.29, 1.82) is 0 Å². The Bertz CT molecular complexity index is 1000. The van der Waals surface area contributed by atoms with Gasteiger partial charge < -0.3 is 20.1 Å². The van der Waals surface area contributed by atoms with Gasteiger partial charge in [0.05, 0.1) is 0 Å². The highest BCUT2D eigenvalue weighted by atomic mass is 16.7. The van der Waals surface area contributed by atoms with Gasteiger partial charge in [0.15, 0.2) is 23.0 Å². The summed E-state index contributed by atoms with van der Waals surface area (Å²) < 4.78 is 10.6. The van der Waals surface area contributed by atoms with Gasteiger partial charge in [0.2, 0.25) is 6.79 Å². The van der Waals surface area contributed by atoms with Crippen LogP contribution in [-0.2, 0) is 0 Å². The minimum Gasteiger partial charge on any atom is -0.454 e. The number of hydrogen-bond acceptors (Lipinski definition) is 6. The summed E-state index contributed by atoms with van der Waals surface area (Å²) in [5.74, 6) is 1.87. The number of rotatable bonds is 5. The van der Waals surface area contributed by atoms with Crippen LogP contribution in [0.2, 0.25) is 0 Å². The summed E-state index contributed by atoms with van der Waals surface area (Å²) in [5, 5.41) is 14.2. The molecule has 0 aliphatic carbocycles. The van der Waals surface area contributed by atoms with E-state index in [-0.39, 0.29) is 18.4 Å². The van der Waals surface area contributed by atoms with Crippen molar-refractivity contribution < 1.29 is 14.3 Å². The lowest BCUT2D eigenvalue weighted by Gasteiger charge is -2.13. The number of nitrogens with zero attached hydrogens (tertiary/aromatic N) is 2. The van der Waals surface area contributed by atoms with Crippen molar-refractivity contribution in [2.75, 3.05) is 17.4 Å². The Morgan fingerprint density at radius 1 is 1.00 bits per heavy atom. The molecule has 4 rings (SSSR count). The molecule has 7 nitrogen and oxygen atoms in total. The number of benzene rings is 2. The van der Waals surface area contributed by atoms with Crippen LogP contribution < -0.4 is 20.1 Å². The van der Waals surface area contributed by atoms with E-state index in [1.165, 1.54) is 5.56 Å². The first kappa shape index (κ1) is 17.8. The van der Waals surface area contributed by atoms with Crippen LogP contribution in [0.5, 0.6) is 11.5 Å². The molecule has 28 heavy (non-hydrogen) atoms. The number of para-hydroxylation sites is 1. The van der Waals surface area contributed by atoms with E-state index in [9.17, 15) is 4.79 Å². The molecule has 0 saturated carbocycles. The van der Waals surface area contributed by atoms with E-state index in [0.29, 0.717) is 28.9 Å². The second kappa shape index (κ2) is 7.56. The SMILES string of the molecule is CC(C)c1ccccc1Nc1ccc(C(=O)Nc2ccc3c(c2)OCO3)nn1. The average molecular weight is 376 g/mol. The van der Waals surface area contributed by atoms with Crippen LogP contribution in [-0.4, -0.2) is 22.9 Å². The van der Waals surface area contributed by atoms with Crippen LogP contribution in [0.4, 0.5) is 17.2 Å². The van der Waals surface area contributed by atoms with E-state index >= 15 is 0 Å². The molecule has 0 saturated heterocycles. The smallest absolute Gasteiger partial charge is 0.276 e. The van der Waals surface area contributed by atoms with E-state index in [1.807, 2.05) is 18.2 Å². The van der Waals surface area contributed by atoms with E-state index in [1.54, 1.807) is 30.3 Å². The first-order valence-corrected chi connectivity index (χ1v) is 9.01. The molecule has 1 amide bonds. The third-order valence-electron chi connectivity index (χ3n) is 4.37.